The molecule has 2 heterocycles. The molecule has 2 aromatic rings. The van der Waals surface area contributed by atoms with Gasteiger partial charge in [0.25, 0.3) is 5.56 Å². The molecule has 6 heteroatoms. The molecule has 1 unspecified atom stereocenters. The molecule has 1 aliphatic heterocycles. The highest BCUT2D eigenvalue weighted by Crippen LogP contribution is 2.17. The van der Waals surface area contributed by atoms with Crippen LogP contribution in [-0.2, 0) is 11.3 Å². The van der Waals surface area contributed by atoms with Gasteiger partial charge in [-0.1, -0.05) is 34.1 Å². The van der Waals surface area contributed by atoms with Crippen LogP contribution < -0.4 is 5.56 Å². The van der Waals surface area contributed by atoms with E-state index in [-0.39, 0.29) is 16.3 Å². The highest BCUT2D eigenvalue weighted by atomic mass is 79.9. The molecular formula is C14H14BrN3O2. The lowest BCUT2D eigenvalue weighted by molar-refractivity contribution is -0.127. The van der Waals surface area contributed by atoms with Crippen LogP contribution in [-0.4, -0.2) is 38.5 Å². The van der Waals surface area contributed by atoms with Crippen molar-refractivity contribution in [3.8, 4) is 0 Å². The molecule has 0 aliphatic carbocycles. The van der Waals surface area contributed by atoms with Crippen LogP contribution in [0.1, 0.15) is 6.42 Å². The van der Waals surface area contributed by atoms with Gasteiger partial charge in [0.15, 0.2) is 0 Å². The molecule has 0 bridgehead atoms. The Bertz CT molecular complexity index is 713. The fourth-order valence-electron chi connectivity index (χ4n) is 2.44. The van der Waals surface area contributed by atoms with Crippen LogP contribution in [0, 0.1) is 0 Å². The summed E-state index contributed by atoms with van der Waals surface area (Å²) < 4.78 is 1.43. The first-order chi connectivity index (χ1) is 9.65. The number of carbonyl (C=O) groups excluding carboxylic acids is 1. The smallest absolute Gasteiger partial charge is 0.274 e. The first-order valence-corrected chi connectivity index (χ1v) is 7.43. The van der Waals surface area contributed by atoms with Gasteiger partial charge in [0.05, 0.1) is 18.1 Å². The number of nitrogens with zero attached hydrogens (tertiary/aromatic N) is 3. The van der Waals surface area contributed by atoms with E-state index in [1.54, 1.807) is 17.2 Å². The van der Waals surface area contributed by atoms with E-state index < -0.39 is 0 Å². The molecule has 1 amide bonds. The van der Waals surface area contributed by atoms with Crippen molar-refractivity contribution in [3.63, 3.8) is 0 Å². The predicted octanol–water partition coefficient (Wildman–Crippen LogP) is 1.39. The number of likely N-dealkylation sites (tertiary alicyclic amines) is 1. The molecule has 1 atom stereocenters. The second-order valence-corrected chi connectivity index (χ2v) is 6.20. The van der Waals surface area contributed by atoms with Crippen molar-refractivity contribution >= 4 is 32.6 Å². The van der Waals surface area contributed by atoms with E-state index in [0.717, 1.165) is 5.39 Å². The van der Waals surface area contributed by atoms with Gasteiger partial charge in [-0.15, -0.1) is 0 Å². The van der Waals surface area contributed by atoms with Gasteiger partial charge >= 0.3 is 0 Å². The van der Waals surface area contributed by atoms with Crippen molar-refractivity contribution in [1.82, 2.24) is 14.7 Å². The molecule has 1 aliphatic rings. The number of hydrogen-bond acceptors (Lipinski definition) is 3. The summed E-state index contributed by atoms with van der Waals surface area (Å²) in [6, 6.07) is 7.39. The standard InChI is InChI=1S/C14H14BrN3O2/c15-11-7-13(19)17(9-11)5-6-18-14(20)12-4-2-1-3-10(12)8-16-18/h1-4,8,11H,5-7,9H2. The van der Waals surface area contributed by atoms with Gasteiger partial charge in [0, 0.05) is 29.7 Å². The number of alkyl halides is 1. The second-order valence-electron chi connectivity index (χ2n) is 4.90. The van der Waals surface area contributed by atoms with Gasteiger partial charge < -0.3 is 4.90 Å². The largest absolute Gasteiger partial charge is 0.340 e. The first-order valence-electron chi connectivity index (χ1n) is 6.52. The topological polar surface area (TPSA) is 55.2 Å². The average Bonchev–Trinajstić information content (AvgIpc) is 2.77. The third kappa shape index (κ3) is 2.47. The first kappa shape index (κ1) is 13.3. The Labute approximate surface area is 124 Å². The number of amides is 1. The van der Waals surface area contributed by atoms with Gasteiger partial charge in [-0.25, -0.2) is 4.68 Å². The lowest BCUT2D eigenvalue weighted by Crippen LogP contribution is -2.33. The van der Waals surface area contributed by atoms with Crippen molar-refractivity contribution < 1.29 is 4.79 Å². The van der Waals surface area contributed by atoms with E-state index in [1.165, 1.54) is 4.68 Å². The molecule has 1 aromatic carbocycles. The van der Waals surface area contributed by atoms with Gasteiger partial charge in [-0.3, -0.25) is 9.59 Å². The number of carbonyl (C=O) groups is 1. The molecule has 0 saturated carbocycles. The number of rotatable bonds is 3. The van der Waals surface area contributed by atoms with Crippen molar-refractivity contribution in [1.29, 1.82) is 0 Å². The van der Waals surface area contributed by atoms with Crippen LogP contribution >= 0.6 is 15.9 Å². The average molecular weight is 336 g/mol. The number of aromatic nitrogens is 2. The summed E-state index contributed by atoms with van der Waals surface area (Å²) >= 11 is 3.45. The summed E-state index contributed by atoms with van der Waals surface area (Å²) in [5.41, 5.74) is -0.106. The molecule has 20 heavy (non-hydrogen) atoms. The SMILES string of the molecule is O=C1CC(Br)CN1CCn1ncc2ccccc2c1=O. The summed E-state index contributed by atoms with van der Waals surface area (Å²) in [6.07, 6.45) is 2.22. The van der Waals surface area contributed by atoms with Gasteiger partial charge in [-0.2, -0.15) is 5.10 Å². The zero-order chi connectivity index (χ0) is 14.1. The second kappa shape index (κ2) is 5.36. The van der Waals surface area contributed by atoms with Crippen LogP contribution in [0.15, 0.2) is 35.3 Å². The van der Waals surface area contributed by atoms with Crippen LogP contribution in [0.4, 0.5) is 0 Å². The fourth-order valence-corrected chi connectivity index (χ4v) is 3.07. The zero-order valence-corrected chi connectivity index (χ0v) is 12.4. The van der Waals surface area contributed by atoms with Gasteiger partial charge in [-0.05, 0) is 6.07 Å². The minimum Gasteiger partial charge on any atom is -0.340 e. The van der Waals surface area contributed by atoms with Crippen molar-refractivity contribution in [2.24, 2.45) is 0 Å². The lowest BCUT2D eigenvalue weighted by atomic mass is 10.2. The Hall–Kier alpha value is -1.69. The molecule has 1 fully saturated rings. The van der Waals surface area contributed by atoms with Crippen LogP contribution in [0.3, 0.4) is 0 Å². The Morgan fingerprint density at radius 1 is 1.25 bits per heavy atom. The van der Waals surface area contributed by atoms with Crippen LogP contribution in [0.2, 0.25) is 0 Å². The van der Waals surface area contributed by atoms with E-state index in [4.69, 9.17) is 0 Å². The molecule has 1 aromatic heterocycles. The number of halogens is 1. The molecule has 104 valence electrons. The van der Waals surface area contributed by atoms with E-state index in [9.17, 15) is 9.59 Å². The maximum atomic E-state index is 12.3. The summed E-state index contributed by atoms with van der Waals surface area (Å²) in [7, 11) is 0. The third-order valence-corrected chi connectivity index (χ3v) is 4.12. The Morgan fingerprint density at radius 2 is 2.05 bits per heavy atom. The molecule has 0 N–H and O–H groups in total. The van der Waals surface area contributed by atoms with Crippen LogP contribution in [0.5, 0.6) is 0 Å². The van der Waals surface area contributed by atoms with E-state index in [2.05, 4.69) is 21.0 Å². The zero-order valence-electron chi connectivity index (χ0n) is 10.8. The van der Waals surface area contributed by atoms with Crippen LogP contribution in [0.25, 0.3) is 10.8 Å². The summed E-state index contributed by atoms with van der Waals surface area (Å²) in [4.78, 5) is 25.9. The van der Waals surface area contributed by atoms with Crippen molar-refractivity contribution in [3.05, 3.63) is 40.8 Å². The predicted molar refractivity (Wildman–Crippen MR) is 79.9 cm³/mol. The number of fused-ring (bicyclic) bond motifs is 1. The van der Waals surface area contributed by atoms with Gasteiger partial charge in [0.1, 0.15) is 0 Å². The van der Waals surface area contributed by atoms with E-state index in [1.807, 2.05) is 18.2 Å². The molecule has 5 nitrogen and oxygen atoms in total. The summed E-state index contributed by atoms with van der Waals surface area (Å²) in [5.74, 6) is 0.126. The minimum atomic E-state index is -0.106. The third-order valence-electron chi connectivity index (χ3n) is 3.51. The van der Waals surface area contributed by atoms with Crippen molar-refractivity contribution in [2.45, 2.75) is 17.8 Å². The Morgan fingerprint density at radius 3 is 2.80 bits per heavy atom. The van der Waals surface area contributed by atoms with Gasteiger partial charge in [0.2, 0.25) is 5.91 Å². The monoisotopic (exact) mass is 335 g/mol. The normalized spacial score (nSPS) is 18.9. The molecule has 0 spiro atoms. The quantitative estimate of drug-likeness (QED) is 0.796. The van der Waals surface area contributed by atoms with E-state index in [0.29, 0.717) is 31.4 Å². The minimum absolute atomic E-state index is 0.106. The maximum Gasteiger partial charge on any atom is 0.274 e. The molecular weight excluding hydrogens is 322 g/mol. The molecule has 3 rings (SSSR count). The van der Waals surface area contributed by atoms with E-state index >= 15 is 0 Å². The highest BCUT2D eigenvalue weighted by molar-refractivity contribution is 9.09. The lowest BCUT2D eigenvalue weighted by Gasteiger charge is -2.16. The molecule has 1 saturated heterocycles. The molecule has 0 radical (unpaired) electrons. The Kier molecular flexibility index (Phi) is 3.56. The summed E-state index contributed by atoms with van der Waals surface area (Å²) in [5, 5.41) is 5.67. The Balaban J connectivity index is 1.80. The summed E-state index contributed by atoms with van der Waals surface area (Å²) in [6.45, 7) is 1.64. The van der Waals surface area contributed by atoms with Crippen molar-refractivity contribution in [2.75, 3.05) is 13.1 Å². The highest BCUT2D eigenvalue weighted by Gasteiger charge is 2.27. The number of hydrogen-bond donors (Lipinski definition) is 0. The number of benzene rings is 1. The fraction of sp³-hybridized carbons (Fsp3) is 0.357. The maximum absolute atomic E-state index is 12.3.